The number of halogens is 1. The van der Waals surface area contributed by atoms with E-state index in [2.05, 4.69) is 0 Å². The molecule has 0 aromatic heterocycles. The van der Waals surface area contributed by atoms with Gasteiger partial charge >= 0.3 is 0 Å². The summed E-state index contributed by atoms with van der Waals surface area (Å²) in [5, 5.41) is -0.260. The topological polar surface area (TPSA) is 26.3 Å². The monoisotopic (exact) mass is 240 g/mol. The molecular formula is C13H17ClO2. The molecule has 1 rings (SSSR count). The van der Waals surface area contributed by atoms with Crippen LogP contribution in [-0.4, -0.2) is 11.8 Å². The van der Waals surface area contributed by atoms with E-state index < -0.39 is 0 Å². The average molecular weight is 241 g/mol. The predicted octanol–water partition coefficient (Wildman–Crippen LogP) is 3.42. The van der Waals surface area contributed by atoms with Gasteiger partial charge < -0.3 is 4.74 Å². The van der Waals surface area contributed by atoms with Crippen LogP contribution in [0.3, 0.4) is 0 Å². The zero-order valence-corrected chi connectivity index (χ0v) is 10.5. The molecule has 1 aromatic rings. The maximum absolute atomic E-state index is 11.1. The van der Waals surface area contributed by atoms with Crippen molar-refractivity contribution in [3.8, 4) is 5.75 Å². The number of rotatable bonds is 6. The Labute approximate surface area is 102 Å². The van der Waals surface area contributed by atoms with Gasteiger partial charge in [0.05, 0.1) is 6.61 Å². The summed E-state index contributed by atoms with van der Waals surface area (Å²) in [7, 11) is 0. The van der Waals surface area contributed by atoms with Crippen LogP contribution in [0.5, 0.6) is 5.75 Å². The molecule has 0 bridgehead atoms. The Bertz CT molecular complexity index is 350. The fourth-order valence-corrected chi connectivity index (χ4v) is 1.83. The molecule has 2 nitrogen and oxygen atoms in total. The van der Waals surface area contributed by atoms with Crippen molar-refractivity contribution in [2.75, 3.05) is 6.61 Å². The zero-order valence-electron chi connectivity index (χ0n) is 9.70. The van der Waals surface area contributed by atoms with Crippen molar-refractivity contribution in [2.24, 2.45) is 5.92 Å². The highest BCUT2D eigenvalue weighted by Crippen LogP contribution is 2.19. The lowest BCUT2D eigenvalue weighted by atomic mass is 9.98. The number of hydrogen-bond acceptors (Lipinski definition) is 2. The van der Waals surface area contributed by atoms with Gasteiger partial charge in [0.1, 0.15) is 5.75 Å². The van der Waals surface area contributed by atoms with E-state index in [4.69, 9.17) is 16.3 Å². The molecule has 0 fully saturated rings. The van der Waals surface area contributed by atoms with Gasteiger partial charge in [-0.15, -0.1) is 0 Å². The summed E-state index contributed by atoms with van der Waals surface area (Å²) in [5.41, 5.74) is 1.09. The molecule has 0 radical (unpaired) electrons. The summed E-state index contributed by atoms with van der Waals surface area (Å²) in [6, 6.07) is 7.80. The Hall–Kier alpha value is -1.02. The lowest BCUT2D eigenvalue weighted by Crippen LogP contribution is -2.10. The second-order valence-corrected chi connectivity index (χ2v) is 4.07. The third-order valence-electron chi connectivity index (χ3n) is 2.51. The lowest BCUT2D eigenvalue weighted by Gasteiger charge is -2.11. The first-order valence-electron chi connectivity index (χ1n) is 5.58. The van der Waals surface area contributed by atoms with Crippen LogP contribution in [0.25, 0.3) is 0 Å². The lowest BCUT2D eigenvalue weighted by molar-refractivity contribution is -0.115. The quantitative estimate of drug-likeness (QED) is 0.713. The number of hydrogen-bond donors (Lipinski definition) is 0. The van der Waals surface area contributed by atoms with E-state index in [-0.39, 0.29) is 11.2 Å². The molecule has 0 N–H and O–H groups in total. The predicted molar refractivity (Wildman–Crippen MR) is 66.0 cm³/mol. The molecule has 0 heterocycles. The van der Waals surface area contributed by atoms with Gasteiger partial charge in [-0.05, 0) is 49.1 Å². The molecule has 16 heavy (non-hydrogen) atoms. The molecule has 0 aliphatic rings. The largest absolute Gasteiger partial charge is 0.494 e. The van der Waals surface area contributed by atoms with Gasteiger partial charge in [-0.1, -0.05) is 19.1 Å². The molecule has 0 aliphatic heterocycles. The van der Waals surface area contributed by atoms with E-state index in [0.29, 0.717) is 13.0 Å². The highest BCUT2D eigenvalue weighted by Gasteiger charge is 2.14. The molecule has 1 unspecified atom stereocenters. The normalized spacial score (nSPS) is 12.2. The fourth-order valence-electron chi connectivity index (χ4n) is 1.60. The summed E-state index contributed by atoms with van der Waals surface area (Å²) in [5.74, 6) is 0.746. The standard InChI is InChI=1S/C13H17ClO2/c1-3-11(13(14)15)8-10-6-5-7-12(9-10)16-4-2/h5-7,9,11H,3-4,8H2,1-2H3. The SMILES string of the molecule is CCOc1cccc(CC(CC)C(=O)Cl)c1. The molecule has 0 saturated carbocycles. The fraction of sp³-hybridized carbons (Fsp3) is 0.462. The van der Waals surface area contributed by atoms with Crippen LogP contribution in [0.1, 0.15) is 25.8 Å². The Morgan fingerprint density at radius 2 is 2.19 bits per heavy atom. The van der Waals surface area contributed by atoms with Gasteiger partial charge in [0, 0.05) is 5.92 Å². The Balaban J connectivity index is 2.72. The summed E-state index contributed by atoms with van der Waals surface area (Å²) in [6.45, 7) is 4.57. The van der Waals surface area contributed by atoms with Crippen LogP contribution in [-0.2, 0) is 11.2 Å². The Morgan fingerprint density at radius 3 is 2.75 bits per heavy atom. The van der Waals surface area contributed by atoms with Crippen LogP contribution in [0.15, 0.2) is 24.3 Å². The van der Waals surface area contributed by atoms with E-state index in [0.717, 1.165) is 17.7 Å². The minimum Gasteiger partial charge on any atom is -0.494 e. The number of ether oxygens (including phenoxy) is 1. The van der Waals surface area contributed by atoms with Crippen molar-refractivity contribution in [1.29, 1.82) is 0 Å². The second-order valence-electron chi connectivity index (χ2n) is 3.69. The van der Waals surface area contributed by atoms with Gasteiger partial charge in [-0.25, -0.2) is 0 Å². The highest BCUT2D eigenvalue weighted by molar-refractivity contribution is 6.63. The minimum atomic E-state index is -0.260. The van der Waals surface area contributed by atoms with Crippen LogP contribution >= 0.6 is 11.6 Å². The smallest absolute Gasteiger partial charge is 0.225 e. The Kier molecular flexibility index (Phi) is 5.33. The Morgan fingerprint density at radius 1 is 1.44 bits per heavy atom. The van der Waals surface area contributed by atoms with Crippen molar-refractivity contribution in [3.05, 3.63) is 29.8 Å². The molecule has 88 valence electrons. The van der Waals surface area contributed by atoms with Gasteiger partial charge in [-0.2, -0.15) is 0 Å². The minimum absolute atomic E-state index is 0.0986. The van der Waals surface area contributed by atoms with Crippen LogP contribution in [0, 0.1) is 5.92 Å². The van der Waals surface area contributed by atoms with Crippen molar-refractivity contribution in [2.45, 2.75) is 26.7 Å². The van der Waals surface area contributed by atoms with Gasteiger partial charge in [0.25, 0.3) is 0 Å². The average Bonchev–Trinajstić information content (AvgIpc) is 2.26. The third-order valence-corrected chi connectivity index (χ3v) is 2.81. The summed E-state index contributed by atoms with van der Waals surface area (Å²) in [6.07, 6.45) is 1.45. The van der Waals surface area contributed by atoms with Crippen LogP contribution < -0.4 is 4.74 Å². The van der Waals surface area contributed by atoms with Crippen molar-refractivity contribution < 1.29 is 9.53 Å². The van der Waals surface area contributed by atoms with E-state index in [1.165, 1.54) is 0 Å². The molecule has 1 atom stereocenters. The first-order chi connectivity index (χ1) is 7.67. The molecule has 0 amide bonds. The molecule has 0 aliphatic carbocycles. The first-order valence-corrected chi connectivity index (χ1v) is 5.96. The number of carbonyl (C=O) groups is 1. The second kappa shape index (κ2) is 6.54. The van der Waals surface area contributed by atoms with Crippen LogP contribution in [0.4, 0.5) is 0 Å². The maximum atomic E-state index is 11.1. The molecule has 0 spiro atoms. The zero-order chi connectivity index (χ0) is 12.0. The van der Waals surface area contributed by atoms with Crippen molar-refractivity contribution >= 4 is 16.8 Å². The van der Waals surface area contributed by atoms with Gasteiger partial charge in [0.15, 0.2) is 0 Å². The van der Waals surface area contributed by atoms with Gasteiger partial charge in [-0.3, -0.25) is 4.79 Å². The summed E-state index contributed by atoms with van der Waals surface area (Å²) >= 11 is 5.52. The molecular weight excluding hydrogens is 224 g/mol. The maximum Gasteiger partial charge on any atom is 0.225 e. The summed E-state index contributed by atoms with van der Waals surface area (Å²) < 4.78 is 5.40. The number of carbonyl (C=O) groups excluding carboxylic acids is 1. The highest BCUT2D eigenvalue weighted by atomic mass is 35.5. The molecule has 3 heteroatoms. The van der Waals surface area contributed by atoms with E-state index in [1.54, 1.807) is 0 Å². The van der Waals surface area contributed by atoms with Crippen molar-refractivity contribution in [1.82, 2.24) is 0 Å². The third kappa shape index (κ3) is 3.86. The number of benzene rings is 1. The first kappa shape index (κ1) is 13.0. The van der Waals surface area contributed by atoms with Crippen LogP contribution in [0.2, 0.25) is 0 Å². The molecule has 1 aromatic carbocycles. The van der Waals surface area contributed by atoms with E-state index in [1.807, 2.05) is 38.1 Å². The van der Waals surface area contributed by atoms with Crippen molar-refractivity contribution in [3.63, 3.8) is 0 Å². The van der Waals surface area contributed by atoms with E-state index >= 15 is 0 Å². The molecule has 0 saturated heterocycles. The van der Waals surface area contributed by atoms with E-state index in [9.17, 15) is 4.79 Å². The van der Waals surface area contributed by atoms with Gasteiger partial charge in [0.2, 0.25) is 5.24 Å². The summed E-state index contributed by atoms with van der Waals surface area (Å²) in [4.78, 5) is 11.1.